The molecule has 4 heteroatoms. The standard InChI is InChI=1S/C36H38O4/c1-36-20-19-31-30-15-14-29(40-23-26-5-3-2-4-6-26)22-28(30)21-27(35(31)32(36)16-17-33(36)37)13-11-24-7-9-25(10-8-24)12-18-34(38)39/h2-15,18,22,27,31-33,35,37H,16-17,19-21,23H2,1H3,(H,38,39)/t27-,31?,32?,33+,35?,36+/m1/s1. The number of allylic oxidation sites excluding steroid dienone is 1. The second-order valence-corrected chi connectivity index (χ2v) is 12.1. The van der Waals surface area contributed by atoms with Crippen molar-refractivity contribution in [2.75, 3.05) is 0 Å². The van der Waals surface area contributed by atoms with Crippen LogP contribution in [0.2, 0.25) is 0 Å². The lowest BCUT2D eigenvalue weighted by Crippen LogP contribution is -2.46. The van der Waals surface area contributed by atoms with Crippen molar-refractivity contribution in [3.63, 3.8) is 0 Å². The minimum atomic E-state index is -0.943. The summed E-state index contributed by atoms with van der Waals surface area (Å²) in [4.78, 5) is 10.8. The Morgan fingerprint density at radius 1 is 0.975 bits per heavy atom. The molecule has 2 saturated carbocycles. The lowest BCUT2D eigenvalue weighted by molar-refractivity contribution is -0.131. The van der Waals surface area contributed by atoms with Crippen molar-refractivity contribution in [2.24, 2.45) is 23.2 Å². The maximum absolute atomic E-state index is 11.0. The number of ether oxygens (including phenoxy) is 1. The summed E-state index contributed by atoms with van der Waals surface area (Å²) in [6.07, 6.45) is 12.4. The Bertz CT molecular complexity index is 1410. The van der Waals surface area contributed by atoms with Crippen LogP contribution in [0.15, 0.2) is 84.9 Å². The Morgan fingerprint density at radius 2 is 1.73 bits per heavy atom. The van der Waals surface area contributed by atoms with Crippen molar-refractivity contribution in [3.8, 4) is 5.75 Å². The van der Waals surface area contributed by atoms with Gasteiger partial charge in [0.15, 0.2) is 0 Å². The number of aliphatic carboxylic acids is 1. The molecule has 0 aliphatic heterocycles. The van der Waals surface area contributed by atoms with Gasteiger partial charge in [0.1, 0.15) is 12.4 Å². The van der Waals surface area contributed by atoms with Gasteiger partial charge in [0.2, 0.25) is 0 Å². The minimum Gasteiger partial charge on any atom is -0.489 e. The second-order valence-electron chi connectivity index (χ2n) is 12.1. The van der Waals surface area contributed by atoms with Gasteiger partial charge in [-0.25, -0.2) is 4.79 Å². The van der Waals surface area contributed by atoms with E-state index in [-0.39, 0.29) is 11.5 Å². The third-order valence-electron chi connectivity index (χ3n) is 9.89. The summed E-state index contributed by atoms with van der Waals surface area (Å²) in [6.45, 7) is 2.89. The van der Waals surface area contributed by atoms with Crippen LogP contribution in [0.4, 0.5) is 0 Å². The van der Waals surface area contributed by atoms with Gasteiger partial charge >= 0.3 is 5.97 Å². The van der Waals surface area contributed by atoms with E-state index in [2.05, 4.69) is 49.4 Å². The number of rotatable bonds is 7. The van der Waals surface area contributed by atoms with Crippen LogP contribution >= 0.6 is 0 Å². The van der Waals surface area contributed by atoms with Gasteiger partial charge in [-0.1, -0.05) is 79.7 Å². The van der Waals surface area contributed by atoms with Crippen LogP contribution in [0.5, 0.6) is 5.75 Å². The number of aliphatic hydroxyl groups excluding tert-OH is 1. The fourth-order valence-electron chi connectivity index (χ4n) is 7.79. The number of benzene rings is 3. The molecule has 4 nitrogen and oxygen atoms in total. The predicted molar refractivity (Wildman–Crippen MR) is 159 cm³/mol. The molecule has 2 fully saturated rings. The molecule has 0 heterocycles. The summed E-state index contributed by atoms with van der Waals surface area (Å²) in [6, 6.07) is 25.0. The summed E-state index contributed by atoms with van der Waals surface area (Å²) in [5.74, 6) is 1.87. The molecule has 0 spiro atoms. The first kappa shape index (κ1) is 26.6. The van der Waals surface area contributed by atoms with Crippen molar-refractivity contribution < 1.29 is 19.7 Å². The monoisotopic (exact) mass is 534 g/mol. The fraction of sp³-hybridized carbons (Fsp3) is 0.361. The molecular weight excluding hydrogens is 496 g/mol. The molecule has 6 atom stereocenters. The highest BCUT2D eigenvalue weighted by Gasteiger charge is 2.56. The van der Waals surface area contributed by atoms with Crippen LogP contribution in [-0.2, 0) is 17.8 Å². The van der Waals surface area contributed by atoms with E-state index >= 15 is 0 Å². The van der Waals surface area contributed by atoms with E-state index in [4.69, 9.17) is 9.84 Å². The number of fused-ring (bicyclic) bond motifs is 5. The molecular formula is C36H38O4. The molecule has 6 rings (SSSR count). The van der Waals surface area contributed by atoms with Crippen LogP contribution < -0.4 is 4.74 Å². The molecule has 2 N–H and O–H groups in total. The Morgan fingerprint density at radius 3 is 2.48 bits per heavy atom. The van der Waals surface area contributed by atoms with Crippen molar-refractivity contribution in [1.29, 1.82) is 0 Å². The largest absolute Gasteiger partial charge is 0.489 e. The predicted octanol–water partition coefficient (Wildman–Crippen LogP) is 7.52. The van der Waals surface area contributed by atoms with E-state index in [1.807, 2.05) is 42.5 Å². The highest BCUT2D eigenvalue weighted by atomic mass is 16.5. The van der Waals surface area contributed by atoms with E-state index in [0.29, 0.717) is 30.3 Å². The summed E-state index contributed by atoms with van der Waals surface area (Å²) in [5, 5.41) is 19.9. The van der Waals surface area contributed by atoms with Crippen molar-refractivity contribution in [3.05, 3.63) is 113 Å². The van der Waals surface area contributed by atoms with E-state index in [9.17, 15) is 9.90 Å². The quantitative estimate of drug-likeness (QED) is 0.308. The molecule has 3 aliphatic rings. The van der Waals surface area contributed by atoms with E-state index in [1.165, 1.54) is 17.2 Å². The van der Waals surface area contributed by atoms with Crippen molar-refractivity contribution >= 4 is 18.1 Å². The summed E-state index contributed by atoms with van der Waals surface area (Å²) in [5.41, 5.74) is 6.01. The summed E-state index contributed by atoms with van der Waals surface area (Å²) in [7, 11) is 0. The van der Waals surface area contributed by atoms with Crippen LogP contribution in [0, 0.1) is 23.2 Å². The van der Waals surface area contributed by atoms with Gasteiger partial charge in [0.05, 0.1) is 6.10 Å². The van der Waals surface area contributed by atoms with Gasteiger partial charge in [-0.2, -0.15) is 0 Å². The first-order chi connectivity index (χ1) is 19.4. The zero-order valence-electron chi connectivity index (χ0n) is 23.1. The van der Waals surface area contributed by atoms with Gasteiger partial charge < -0.3 is 14.9 Å². The zero-order chi connectivity index (χ0) is 27.7. The molecule has 40 heavy (non-hydrogen) atoms. The molecule has 0 aromatic heterocycles. The molecule has 3 aromatic carbocycles. The molecule has 0 amide bonds. The van der Waals surface area contributed by atoms with Gasteiger partial charge in [0.25, 0.3) is 0 Å². The fourth-order valence-corrected chi connectivity index (χ4v) is 7.79. The first-order valence-corrected chi connectivity index (χ1v) is 14.6. The van der Waals surface area contributed by atoms with Crippen molar-refractivity contribution in [2.45, 2.75) is 57.7 Å². The lowest BCUT2D eigenvalue weighted by Gasteiger charge is -2.52. The topological polar surface area (TPSA) is 66.8 Å². The molecule has 3 unspecified atom stereocenters. The van der Waals surface area contributed by atoms with E-state index < -0.39 is 5.97 Å². The van der Waals surface area contributed by atoms with Crippen LogP contribution in [-0.4, -0.2) is 22.3 Å². The van der Waals surface area contributed by atoms with Gasteiger partial charge in [-0.05, 0) is 107 Å². The van der Waals surface area contributed by atoms with Gasteiger partial charge in [-0.3, -0.25) is 0 Å². The van der Waals surface area contributed by atoms with Crippen LogP contribution in [0.25, 0.3) is 12.2 Å². The highest BCUT2D eigenvalue weighted by Crippen LogP contribution is 2.62. The second kappa shape index (κ2) is 11.1. The Balaban J connectivity index is 1.28. The molecule has 0 saturated heterocycles. The Labute approximate surface area is 237 Å². The molecule has 206 valence electrons. The highest BCUT2D eigenvalue weighted by molar-refractivity contribution is 5.85. The number of carbonyl (C=O) groups is 1. The molecule has 3 aliphatic carbocycles. The average molecular weight is 535 g/mol. The van der Waals surface area contributed by atoms with Crippen LogP contribution in [0.3, 0.4) is 0 Å². The number of hydrogen-bond donors (Lipinski definition) is 2. The van der Waals surface area contributed by atoms with Crippen molar-refractivity contribution in [1.82, 2.24) is 0 Å². The minimum absolute atomic E-state index is 0.00161. The smallest absolute Gasteiger partial charge is 0.328 e. The average Bonchev–Trinajstić information content (AvgIpc) is 3.28. The number of carboxylic acid groups (broad SMARTS) is 1. The normalized spacial score (nSPS) is 29.2. The van der Waals surface area contributed by atoms with Gasteiger partial charge in [0, 0.05) is 6.08 Å². The third-order valence-corrected chi connectivity index (χ3v) is 9.89. The maximum atomic E-state index is 11.0. The Hall–Kier alpha value is -3.63. The first-order valence-electron chi connectivity index (χ1n) is 14.6. The molecule has 0 radical (unpaired) electrons. The van der Waals surface area contributed by atoms with Crippen LogP contribution in [0.1, 0.15) is 66.3 Å². The number of aliphatic hydroxyl groups is 1. The zero-order valence-corrected chi connectivity index (χ0v) is 23.1. The summed E-state index contributed by atoms with van der Waals surface area (Å²) >= 11 is 0. The summed E-state index contributed by atoms with van der Waals surface area (Å²) < 4.78 is 6.21. The number of hydrogen-bond acceptors (Lipinski definition) is 3. The SMILES string of the molecule is C[C@]12CCC3c4ccc(OCc5ccccc5)cc4C[C@@H](C=Cc4ccc(C=CC(=O)O)cc4)C3C1CC[C@@H]2O. The molecule has 3 aromatic rings. The van der Waals surface area contributed by atoms with E-state index in [0.717, 1.165) is 54.5 Å². The van der Waals surface area contributed by atoms with E-state index in [1.54, 1.807) is 6.08 Å². The number of carboxylic acids is 1. The Kier molecular flexibility index (Phi) is 7.37. The third kappa shape index (κ3) is 5.25. The molecule has 0 bridgehead atoms. The maximum Gasteiger partial charge on any atom is 0.328 e. The van der Waals surface area contributed by atoms with Gasteiger partial charge in [-0.15, -0.1) is 0 Å². The lowest BCUT2D eigenvalue weighted by atomic mass is 9.52.